The van der Waals surface area contributed by atoms with Gasteiger partial charge in [-0.15, -0.1) is 0 Å². The van der Waals surface area contributed by atoms with Crippen LogP contribution in [0.15, 0.2) is 47.5 Å². The lowest BCUT2D eigenvalue weighted by Gasteiger charge is -2.16. The van der Waals surface area contributed by atoms with Crippen molar-refractivity contribution in [2.75, 3.05) is 33.2 Å². The number of nitrogens with one attached hydrogen (secondary N) is 1. The first-order valence-corrected chi connectivity index (χ1v) is 8.03. The SMILES string of the molecule is COc1ccc(OC)c(NC(N)=NCC(OC)c2ccccc2Cl)c1. The number of hydrogen-bond donors (Lipinski definition) is 2. The quantitative estimate of drug-likeness (QED) is 0.581. The highest BCUT2D eigenvalue weighted by atomic mass is 35.5. The van der Waals surface area contributed by atoms with Gasteiger partial charge >= 0.3 is 0 Å². The van der Waals surface area contributed by atoms with E-state index in [1.807, 2.05) is 24.3 Å². The molecule has 1 unspecified atom stereocenters. The maximum Gasteiger partial charge on any atom is 0.193 e. The van der Waals surface area contributed by atoms with Crippen LogP contribution in [0.3, 0.4) is 0 Å². The van der Waals surface area contributed by atoms with Crippen LogP contribution in [0.1, 0.15) is 11.7 Å². The molecule has 134 valence electrons. The van der Waals surface area contributed by atoms with E-state index >= 15 is 0 Å². The Balaban J connectivity index is 2.12. The Morgan fingerprint density at radius 1 is 1.16 bits per heavy atom. The molecule has 7 heteroatoms. The van der Waals surface area contributed by atoms with Crippen LogP contribution in [0.5, 0.6) is 11.5 Å². The van der Waals surface area contributed by atoms with Crippen LogP contribution in [-0.4, -0.2) is 33.8 Å². The van der Waals surface area contributed by atoms with Crippen molar-refractivity contribution in [1.29, 1.82) is 0 Å². The van der Waals surface area contributed by atoms with Gasteiger partial charge in [-0.3, -0.25) is 4.99 Å². The standard InChI is InChI=1S/C18H22ClN3O3/c1-23-12-8-9-16(24-2)15(10-12)22-18(20)21-11-17(25-3)13-6-4-5-7-14(13)19/h4-10,17H,11H2,1-3H3,(H3,20,21,22). The molecule has 1 atom stereocenters. The van der Waals surface area contributed by atoms with E-state index in [9.17, 15) is 0 Å². The Hall–Kier alpha value is -2.44. The van der Waals surface area contributed by atoms with E-state index in [0.29, 0.717) is 28.8 Å². The molecule has 25 heavy (non-hydrogen) atoms. The molecular weight excluding hydrogens is 342 g/mol. The predicted octanol–water partition coefficient (Wildman–Crippen LogP) is 3.47. The van der Waals surface area contributed by atoms with Crippen LogP contribution in [0.25, 0.3) is 0 Å². The Morgan fingerprint density at radius 2 is 1.92 bits per heavy atom. The number of hydrogen-bond acceptors (Lipinski definition) is 4. The molecule has 3 N–H and O–H groups in total. The second-order valence-electron chi connectivity index (χ2n) is 5.16. The van der Waals surface area contributed by atoms with Gasteiger partial charge in [0.2, 0.25) is 0 Å². The van der Waals surface area contributed by atoms with Crippen LogP contribution in [0, 0.1) is 0 Å². The molecule has 0 aromatic heterocycles. The highest BCUT2D eigenvalue weighted by Gasteiger charge is 2.13. The monoisotopic (exact) mass is 363 g/mol. The molecule has 0 radical (unpaired) electrons. The fourth-order valence-electron chi connectivity index (χ4n) is 2.31. The summed E-state index contributed by atoms with van der Waals surface area (Å²) in [5.41, 5.74) is 7.52. The Morgan fingerprint density at radius 3 is 2.56 bits per heavy atom. The van der Waals surface area contributed by atoms with Crippen LogP contribution >= 0.6 is 11.6 Å². The van der Waals surface area contributed by atoms with Crippen molar-refractivity contribution >= 4 is 23.2 Å². The number of anilines is 1. The maximum atomic E-state index is 6.21. The lowest BCUT2D eigenvalue weighted by Crippen LogP contribution is -2.24. The van der Waals surface area contributed by atoms with Gasteiger partial charge in [-0.25, -0.2) is 0 Å². The first-order chi connectivity index (χ1) is 12.1. The topological polar surface area (TPSA) is 78.1 Å². The summed E-state index contributed by atoms with van der Waals surface area (Å²) < 4.78 is 16.0. The van der Waals surface area contributed by atoms with Crippen molar-refractivity contribution in [3.63, 3.8) is 0 Å². The zero-order valence-electron chi connectivity index (χ0n) is 14.5. The average Bonchev–Trinajstić information content (AvgIpc) is 2.63. The summed E-state index contributed by atoms with van der Waals surface area (Å²) in [5, 5.41) is 3.65. The van der Waals surface area contributed by atoms with Gasteiger partial charge in [0.05, 0.1) is 26.5 Å². The van der Waals surface area contributed by atoms with E-state index in [2.05, 4.69) is 10.3 Å². The maximum absolute atomic E-state index is 6.21. The minimum absolute atomic E-state index is 0.237. The number of guanidine groups is 1. The minimum atomic E-state index is -0.291. The Bertz CT molecular complexity index is 737. The summed E-state index contributed by atoms with van der Waals surface area (Å²) in [6, 6.07) is 12.9. The number of aliphatic imine (C=N–C) groups is 1. The number of ether oxygens (including phenoxy) is 3. The molecule has 0 spiro atoms. The lowest BCUT2D eigenvalue weighted by atomic mass is 10.1. The van der Waals surface area contributed by atoms with Crippen molar-refractivity contribution in [3.8, 4) is 11.5 Å². The van der Waals surface area contributed by atoms with Gasteiger partial charge in [0.15, 0.2) is 5.96 Å². The van der Waals surface area contributed by atoms with E-state index in [1.165, 1.54) is 0 Å². The molecule has 0 amide bonds. The molecule has 0 saturated heterocycles. The molecule has 2 aromatic carbocycles. The third kappa shape index (κ3) is 5.01. The van der Waals surface area contributed by atoms with Gasteiger partial charge in [0.25, 0.3) is 0 Å². The van der Waals surface area contributed by atoms with Crippen molar-refractivity contribution in [2.45, 2.75) is 6.10 Å². The second kappa shape index (κ2) is 9.15. The van der Waals surface area contributed by atoms with Crippen LogP contribution in [0.2, 0.25) is 5.02 Å². The van der Waals surface area contributed by atoms with Gasteiger partial charge in [-0.2, -0.15) is 0 Å². The lowest BCUT2D eigenvalue weighted by molar-refractivity contribution is 0.111. The molecule has 6 nitrogen and oxygen atoms in total. The third-order valence-electron chi connectivity index (χ3n) is 3.63. The summed E-state index contributed by atoms with van der Waals surface area (Å²) in [6.07, 6.45) is -0.291. The van der Waals surface area contributed by atoms with E-state index < -0.39 is 0 Å². The highest BCUT2D eigenvalue weighted by molar-refractivity contribution is 6.31. The number of benzene rings is 2. The zero-order valence-corrected chi connectivity index (χ0v) is 15.2. The molecule has 0 fully saturated rings. The summed E-state index contributed by atoms with van der Waals surface area (Å²) >= 11 is 6.21. The van der Waals surface area contributed by atoms with E-state index in [0.717, 1.165) is 5.56 Å². The van der Waals surface area contributed by atoms with Crippen LogP contribution in [-0.2, 0) is 4.74 Å². The fourth-order valence-corrected chi connectivity index (χ4v) is 2.56. The van der Waals surface area contributed by atoms with Crippen LogP contribution < -0.4 is 20.5 Å². The smallest absolute Gasteiger partial charge is 0.193 e. The Labute approximate surface area is 152 Å². The normalized spacial score (nSPS) is 12.6. The average molecular weight is 364 g/mol. The van der Waals surface area contributed by atoms with Gasteiger partial charge in [-0.05, 0) is 18.2 Å². The van der Waals surface area contributed by atoms with Crippen molar-refractivity contribution in [1.82, 2.24) is 0 Å². The Kier molecular flexibility index (Phi) is 6.91. The molecular formula is C18H22ClN3O3. The van der Waals surface area contributed by atoms with Gasteiger partial charge in [-0.1, -0.05) is 29.8 Å². The summed E-state index contributed by atoms with van der Waals surface area (Å²) in [5.74, 6) is 1.55. The van der Waals surface area contributed by atoms with Crippen molar-refractivity contribution in [2.24, 2.45) is 10.7 Å². The first kappa shape index (κ1) is 18.9. The summed E-state index contributed by atoms with van der Waals surface area (Å²) in [6.45, 7) is 0.325. The fraction of sp³-hybridized carbons (Fsp3) is 0.278. The second-order valence-corrected chi connectivity index (χ2v) is 5.57. The van der Waals surface area contributed by atoms with Gasteiger partial charge < -0.3 is 25.3 Å². The molecule has 2 aromatic rings. The molecule has 0 aliphatic carbocycles. The van der Waals surface area contributed by atoms with Crippen LogP contribution in [0.4, 0.5) is 5.69 Å². The van der Waals surface area contributed by atoms with E-state index in [4.69, 9.17) is 31.5 Å². The number of nitrogens with zero attached hydrogens (tertiary/aromatic N) is 1. The molecule has 0 aliphatic heterocycles. The molecule has 0 heterocycles. The number of nitrogens with two attached hydrogens (primary N) is 1. The number of methoxy groups -OCH3 is 3. The number of rotatable bonds is 7. The minimum Gasteiger partial charge on any atom is -0.497 e. The van der Waals surface area contributed by atoms with Gasteiger partial charge in [0, 0.05) is 23.8 Å². The third-order valence-corrected chi connectivity index (χ3v) is 3.98. The van der Waals surface area contributed by atoms with E-state index in [-0.39, 0.29) is 12.1 Å². The largest absolute Gasteiger partial charge is 0.497 e. The first-order valence-electron chi connectivity index (χ1n) is 7.65. The van der Waals surface area contributed by atoms with Crippen molar-refractivity contribution in [3.05, 3.63) is 53.1 Å². The number of halogens is 1. The van der Waals surface area contributed by atoms with E-state index in [1.54, 1.807) is 39.5 Å². The summed E-state index contributed by atoms with van der Waals surface area (Å²) in [4.78, 5) is 4.34. The molecule has 0 saturated carbocycles. The molecule has 2 rings (SSSR count). The predicted molar refractivity (Wildman–Crippen MR) is 101 cm³/mol. The zero-order chi connectivity index (χ0) is 18.2. The van der Waals surface area contributed by atoms with Crippen molar-refractivity contribution < 1.29 is 14.2 Å². The molecule has 0 bridgehead atoms. The highest BCUT2D eigenvalue weighted by Crippen LogP contribution is 2.29. The molecule has 0 aliphatic rings. The summed E-state index contributed by atoms with van der Waals surface area (Å²) in [7, 11) is 4.78. The van der Waals surface area contributed by atoms with Gasteiger partial charge in [0.1, 0.15) is 17.6 Å².